The lowest BCUT2D eigenvalue weighted by atomic mass is 9.84. The minimum atomic E-state index is -0.981. The van der Waals surface area contributed by atoms with Crippen LogP contribution in [-0.2, 0) is 10.2 Å². The van der Waals surface area contributed by atoms with Crippen molar-refractivity contribution >= 4 is 5.97 Å². The third-order valence-corrected chi connectivity index (χ3v) is 2.23. The molecular formula is C12H13FO2. The van der Waals surface area contributed by atoms with E-state index in [1.165, 1.54) is 12.1 Å². The summed E-state index contributed by atoms with van der Waals surface area (Å²) >= 11 is 0. The third-order valence-electron chi connectivity index (χ3n) is 2.23. The third kappa shape index (κ3) is 3.20. The molecule has 0 aliphatic carbocycles. The maximum absolute atomic E-state index is 12.7. The maximum atomic E-state index is 12.7. The number of allylic oxidation sites excluding steroid dienone is 1. The summed E-state index contributed by atoms with van der Waals surface area (Å²) in [6.07, 6.45) is 2.69. The molecule has 1 aromatic carbocycles. The Kier molecular flexibility index (Phi) is 3.24. The van der Waals surface area contributed by atoms with Crippen LogP contribution in [0.3, 0.4) is 0 Å². The number of carboxylic acids is 1. The van der Waals surface area contributed by atoms with Crippen LogP contribution in [0.1, 0.15) is 19.4 Å². The van der Waals surface area contributed by atoms with Crippen molar-refractivity contribution in [2.45, 2.75) is 19.3 Å². The van der Waals surface area contributed by atoms with E-state index >= 15 is 0 Å². The lowest BCUT2D eigenvalue weighted by molar-refractivity contribution is -0.131. The van der Waals surface area contributed by atoms with E-state index in [1.807, 2.05) is 13.8 Å². The summed E-state index contributed by atoms with van der Waals surface area (Å²) in [5.41, 5.74) is 0.466. The van der Waals surface area contributed by atoms with E-state index in [1.54, 1.807) is 18.2 Å². The van der Waals surface area contributed by atoms with Crippen LogP contribution in [0.15, 0.2) is 36.4 Å². The average molecular weight is 208 g/mol. The number of aliphatic carboxylic acids is 1. The molecule has 0 aliphatic rings. The fourth-order valence-corrected chi connectivity index (χ4v) is 1.26. The molecule has 3 heteroatoms. The van der Waals surface area contributed by atoms with Gasteiger partial charge in [0, 0.05) is 11.5 Å². The van der Waals surface area contributed by atoms with Gasteiger partial charge in [0.15, 0.2) is 0 Å². The molecule has 2 nitrogen and oxygen atoms in total. The van der Waals surface area contributed by atoms with Gasteiger partial charge in [0.25, 0.3) is 0 Å². The second-order valence-corrected chi connectivity index (χ2v) is 3.90. The first-order chi connectivity index (χ1) is 6.92. The normalized spacial score (nSPS) is 11.9. The molecule has 0 aromatic heterocycles. The maximum Gasteiger partial charge on any atom is 0.328 e. The molecule has 1 aromatic rings. The molecular weight excluding hydrogens is 195 g/mol. The number of hydrogen-bond acceptors (Lipinski definition) is 1. The molecule has 0 saturated heterocycles. The van der Waals surface area contributed by atoms with Crippen molar-refractivity contribution in [3.8, 4) is 0 Å². The molecule has 0 amide bonds. The molecule has 0 bridgehead atoms. The van der Waals surface area contributed by atoms with Gasteiger partial charge in [0.05, 0.1) is 0 Å². The van der Waals surface area contributed by atoms with Crippen LogP contribution in [0.25, 0.3) is 0 Å². The largest absolute Gasteiger partial charge is 0.478 e. The quantitative estimate of drug-likeness (QED) is 0.775. The smallest absolute Gasteiger partial charge is 0.328 e. The van der Waals surface area contributed by atoms with Crippen molar-refractivity contribution in [3.05, 3.63) is 47.8 Å². The van der Waals surface area contributed by atoms with Crippen LogP contribution in [0.4, 0.5) is 4.39 Å². The molecule has 80 valence electrons. The molecule has 15 heavy (non-hydrogen) atoms. The summed E-state index contributed by atoms with van der Waals surface area (Å²) in [4.78, 5) is 10.4. The van der Waals surface area contributed by atoms with Gasteiger partial charge in [-0.05, 0) is 17.7 Å². The van der Waals surface area contributed by atoms with E-state index in [2.05, 4.69) is 0 Å². The molecule has 0 radical (unpaired) electrons. The van der Waals surface area contributed by atoms with Gasteiger partial charge in [-0.2, -0.15) is 0 Å². The average Bonchev–Trinajstić information content (AvgIpc) is 2.16. The van der Waals surface area contributed by atoms with Crippen LogP contribution >= 0.6 is 0 Å². The summed E-state index contributed by atoms with van der Waals surface area (Å²) in [5.74, 6) is -1.28. The van der Waals surface area contributed by atoms with E-state index in [9.17, 15) is 9.18 Å². The second kappa shape index (κ2) is 4.26. The molecule has 0 unspecified atom stereocenters. The number of carbonyl (C=O) groups is 1. The van der Waals surface area contributed by atoms with E-state index in [0.717, 1.165) is 11.6 Å². The molecule has 0 atom stereocenters. The van der Waals surface area contributed by atoms with E-state index in [0.29, 0.717) is 0 Å². The van der Waals surface area contributed by atoms with E-state index < -0.39 is 11.4 Å². The van der Waals surface area contributed by atoms with Crippen LogP contribution in [-0.4, -0.2) is 11.1 Å². The second-order valence-electron chi connectivity index (χ2n) is 3.90. The van der Waals surface area contributed by atoms with Crippen molar-refractivity contribution in [1.82, 2.24) is 0 Å². The van der Waals surface area contributed by atoms with Crippen molar-refractivity contribution in [2.24, 2.45) is 0 Å². The molecule has 0 saturated carbocycles. The Labute approximate surface area is 88.1 Å². The highest BCUT2D eigenvalue weighted by Crippen LogP contribution is 2.24. The van der Waals surface area contributed by atoms with Crippen LogP contribution in [0.5, 0.6) is 0 Å². The van der Waals surface area contributed by atoms with E-state index in [4.69, 9.17) is 5.11 Å². The van der Waals surface area contributed by atoms with Gasteiger partial charge in [0.1, 0.15) is 5.82 Å². The van der Waals surface area contributed by atoms with Gasteiger partial charge in [-0.3, -0.25) is 0 Å². The minimum absolute atomic E-state index is 0.295. The Morgan fingerprint density at radius 1 is 1.33 bits per heavy atom. The summed E-state index contributed by atoms with van der Waals surface area (Å²) in [7, 11) is 0. The van der Waals surface area contributed by atoms with Crippen LogP contribution in [0, 0.1) is 5.82 Å². The Bertz CT molecular complexity index is 377. The summed E-state index contributed by atoms with van der Waals surface area (Å²) < 4.78 is 12.7. The Balaban J connectivity index is 2.95. The first-order valence-corrected chi connectivity index (χ1v) is 4.60. The summed E-state index contributed by atoms with van der Waals surface area (Å²) in [5, 5.41) is 8.52. The first-order valence-electron chi connectivity index (χ1n) is 4.60. The Morgan fingerprint density at radius 2 is 1.87 bits per heavy atom. The predicted octanol–water partition coefficient (Wildman–Crippen LogP) is 2.74. The minimum Gasteiger partial charge on any atom is -0.478 e. The van der Waals surface area contributed by atoms with Gasteiger partial charge in [-0.25, -0.2) is 9.18 Å². The predicted molar refractivity (Wildman–Crippen MR) is 56.2 cm³/mol. The molecule has 0 heterocycles. The fraction of sp³-hybridized carbons (Fsp3) is 0.250. The molecule has 1 N–H and O–H groups in total. The van der Waals surface area contributed by atoms with Crippen molar-refractivity contribution in [3.63, 3.8) is 0 Å². The highest BCUT2D eigenvalue weighted by Gasteiger charge is 2.16. The van der Waals surface area contributed by atoms with Gasteiger partial charge < -0.3 is 5.11 Å². The van der Waals surface area contributed by atoms with Crippen LogP contribution < -0.4 is 0 Å². The van der Waals surface area contributed by atoms with Crippen LogP contribution in [0.2, 0.25) is 0 Å². The zero-order valence-corrected chi connectivity index (χ0v) is 8.70. The number of benzene rings is 1. The molecule has 0 spiro atoms. The standard InChI is InChI=1S/C12H13FO2/c1-12(2,8-7-11(14)15)9-3-5-10(13)6-4-9/h3-8H,1-2H3,(H,14,15). The lowest BCUT2D eigenvalue weighted by Gasteiger charge is -2.20. The Morgan fingerprint density at radius 3 is 2.33 bits per heavy atom. The summed E-state index contributed by atoms with van der Waals surface area (Å²) in [6.45, 7) is 3.75. The monoisotopic (exact) mass is 208 g/mol. The lowest BCUT2D eigenvalue weighted by Crippen LogP contribution is -2.14. The zero-order valence-electron chi connectivity index (χ0n) is 8.70. The van der Waals surface area contributed by atoms with Crippen molar-refractivity contribution < 1.29 is 14.3 Å². The number of halogens is 1. The van der Waals surface area contributed by atoms with E-state index in [-0.39, 0.29) is 5.82 Å². The fourth-order valence-electron chi connectivity index (χ4n) is 1.26. The number of rotatable bonds is 3. The molecule has 1 rings (SSSR count). The zero-order chi connectivity index (χ0) is 11.5. The molecule has 0 aliphatic heterocycles. The SMILES string of the molecule is CC(C)(C=CC(=O)O)c1ccc(F)cc1. The van der Waals surface area contributed by atoms with Gasteiger partial charge in [0.2, 0.25) is 0 Å². The first kappa shape index (κ1) is 11.4. The molecule has 0 fully saturated rings. The summed E-state index contributed by atoms with van der Waals surface area (Å²) in [6, 6.07) is 6.04. The number of carboxylic acid groups (broad SMARTS) is 1. The highest BCUT2D eigenvalue weighted by atomic mass is 19.1. The van der Waals surface area contributed by atoms with Gasteiger partial charge in [-0.1, -0.05) is 32.1 Å². The van der Waals surface area contributed by atoms with Crippen molar-refractivity contribution in [2.75, 3.05) is 0 Å². The van der Waals surface area contributed by atoms with Crippen molar-refractivity contribution in [1.29, 1.82) is 0 Å². The number of hydrogen-bond donors (Lipinski definition) is 1. The Hall–Kier alpha value is -1.64. The van der Waals surface area contributed by atoms with Gasteiger partial charge in [-0.15, -0.1) is 0 Å². The van der Waals surface area contributed by atoms with Gasteiger partial charge >= 0.3 is 5.97 Å². The topological polar surface area (TPSA) is 37.3 Å². The highest BCUT2D eigenvalue weighted by molar-refractivity contribution is 5.80.